The van der Waals surface area contributed by atoms with Gasteiger partial charge in [-0.25, -0.2) is 4.39 Å². The van der Waals surface area contributed by atoms with Gasteiger partial charge in [0, 0.05) is 11.6 Å². The van der Waals surface area contributed by atoms with Crippen LogP contribution >= 0.6 is 0 Å². The number of ether oxygens (including phenoxy) is 1. The number of rotatable bonds is 4. The molecule has 2 atom stereocenters. The second kappa shape index (κ2) is 5.12. The van der Waals surface area contributed by atoms with Gasteiger partial charge in [-0.1, -0.05) is 13.0 Å². The molecular formula is C12H18FNO. The van der Waals surface area contributed by atoms with Crippen molar-refractivity contribution in [2.24, 2.45) is 5.73 Å². The third-order valence-electron chi connectivity index (χ3n) is 2.37. The fourth-order valence-corrected chi connectivity index (χ4v) is 1.36. The van der Waals surface area contributed by atoms with Gasteiger partial charge in [-0.2, -0.15) is 0 Å². The molecule has 0 saturated carbocycles. The number of nitrogens with two attached hydrogens (primary N) is 1. The van der Waals surface area contributed by atoms with Gasteiger partial charge in [0.05, 0.1) is 6.10 Å². The highest BCUT2D eigenvalue weighted by Gasteiger charge is 2.14. The van der Waals surface area contributed by atoms with Gasteiger partial charge in [-0.15, -0.1) is 0 Å². The number of halogens is 1. The first-order valence-corrected chi connectivity index (χ1v) is 5.26. The fourth-order valence-electron chi connectivity index (χ4n) is 1.36. The Balaban J connectivity index is 3.00. The molecule has 0 fully saturated rings. The SMILES string of the molecule is CCC(C)Oc1cccc(F)c1C(C)N. The minimum Gasteiger partial charge on any atom is -0.490 e. The van der Waals surface area contributed by atoms with Crippen LogP contribution in [0, 0.1) is 5.82 Å². The molecule has 0 heterocycles. The number of hydrogen-bond acceptors (Lipinski definition) is 2. The smallest absolute Gasteiger partial charge is 0.131 e. The van der Waals surface area contributed by atoms with E-state index < -0.39 is 0 Å². The van der Waals surface area contributed by atoms with E-state index in [1.165, 1.54) is 6.07 Å². The topological polar surface area (TPSA) is 35.2 Å². The van der Waals surface area contributed by atoms with E-state index in [4.69, 9.17) is 10.5 Å². The largest absolute Gasteiger partial charge is 0.490 e. The Kier molecular flexibility index (Phi) is 4.09. The van der Waals surface area contributed by atoms with Gasteiger partial charge >= 0.3 is 0 Å². The maximum absolute atomic E-state index is 13.5. The summed E-state index contributed by atoms with van der Waals surface area (Å²) in [5, 5.41) is 0. The normalized spacial score (nSPS) is 14.7. The van der Waals surface area contributed by atoms with Gasteiger partial charge in [0.15, 0.2) is 0 Å². The lowest BCUT2D eigenvalue weighted by Crippen LogP contribution is -2.15. The van der Waals surface area contributed by atoms with E-state index in [0.29, 0.717) is 11.3 Å². The second-order valence-electron chi connectivity index (χ2n) is 3.78. The van der Waals surface area contributed by atoms with Crippen LogP contribution in [0.5, 0.6) is 5.75 Å². The van der Waals surface area contributed by atoms with Crippen molar-refractivity contribution >= 4 is 0 Å². The molecule has 15 heavy (non-hydrogen) atoms. The molecule has 0 spiro atoms. The summed E-state index contributed by atoms with van der Waals surface area (Å²) in [5.41, 5.74) is 6.17. The van der Waals surface area contributed by atoms with Crippen LogP contribution in [0.25, 0.3) is 0 Å². The molecule has 2 N–H and O–H groups in total. The quantitative estimate of drug-likeness (QED) is 0.830. The molecular weight excluding hydrogens is 193 g/mol. The predicted molar refractivity (Wildman–Crippen MR) is 59.4 cm³/mol. The van der Waals surface area contributed by atoms with Gasteiger partial charge in [0.1, 0.15) is 11.6 Å². The van der Waals surface area contributed by atoms with E-state index in [9.17, 15) is 4.39 Å². The van der Waals surface area contributed by atoms with Crippen LogP contribution in [0.2, 0.25) is 0 Å². The van der Waals surface area contributed by atoms with Crippen LogP contribution in [0.3, 0.4) is 0 Å². The van der Waals surface area contributed by atoms with E-state index in [2.05, 4.69) is 0 Å². The summed E-state index contributed by atoms with van der Waals surface area (Å²) in [6, 6.07) is 4.44. The zero-order valence-electron chi connectivity index (χ0n) is 9.46. The lowest BCUT2D eigenvalue weighted by Gasteiger charge is -2.18. The Bertz CT molecular complexity index is 325. The highest BCUT2D eigenvalue weighted by molar-refractivity contribution is 5.36. The fraction of sp³-hybridized carbons (Fsp3) is 0.500. The molecule has 1 rings (SSSR count). The molecule has 0 aliphatic carbocycles. The molecule has 84 valence electrons. The van der Waals surface area contributed by atoms with Gasteiger partial charge in [0.2, 0.25) is 0 Å². The first-order chi connectivity index (χ1) is 7.06. The van der Waals surface area contributed by atoms with Gasteiger partial charge in [-0.05, 0) is 32.4 Å². The maximum atomic E-state index is 13.5. The highest BCUT2D eigenvalue weighted by Crippen LogP contribution is 2.27. The van der Waals surface area contributed by atoms with E-state index >= 15 is 0 Å². The first-order valence-electron chi connectivity index (χ1n) is 5.26. The Labute approximate surface area is 90.2 Å². The van der Waals surface area contributed by atoms with Crippen LogP contribution < -0.4 is 10.5 Å². The maximum Gasteiger partial charge on any atom is 0.131 e. The molecule has 1 aromatic rings. The third-order valence-corrected chi connectivity index (χ3v) is 2.37. The van der Waals surface area contributed by atoms with E-state index in [1.807, 2.05) is 13.8 Å². The van der Waals surface area contributed by atoms with Crippen LogP contribution in [0.15, 0.2) is 18.2 Å². The van der Waals surface area contributed by atoms with Crippen LogP contribution in [0.4, 0.5) is 4.39 Å². The lowest BCUT2D eigenvalue weighted by atomic mass is 10.1. The van der Waals surface area contributed by atoms with Crippen LogP contribution in [0.1, 0.15) is 38.8 Å². The number of hydrogen-bond donors (Lipinski definition) is 1. The van der Waals surface area contributed by atoms with Gasteiger partial charge in [-0.3, -0.25) is 0 Å². The molecule has 0 aliphatic heterocycles. The molecule has 2 nitrogen and oxygen atoms in total. The Hall–Kier alpha value is -1.09. The Morgan fingerprint density at radius 3 is 2.60 bits per heavy atom. The van der Waals surface area contributed by atoms with Gasteiger partial charge in [0.25, 0.3) is 0 Å². The molecule has 0 amide bonds. The standard InChI is InChI=1S/C12H18FNO/c1-4-8(2)15-11-7-5-6-10(13)12(11)9(3)14/h5-9H,4,14H2,1-3H3. The average molecular weight is 211 g/mol. The Morgan fingerprint density at radius 1 is 1.40 bits per heavy atom. The second-order valence-corrected chi connectivity index (χ2v) is 3.78. The molecule has 3 heteroatoms. The van der Waals surface area contributed by atoms with E-state index in [1.54, 1.807) is 19.1 Å². The summed E-state index contributed by atoms with van der Waals surface area (Å²) in [6.07, 6.45) is 0.957. The van der Waals surface area contributed by atoms with Crippen LogP contribution in [-0.2, 0) is 0 Å². The van der Waals surface area contributed by atoms with Crippen molar-refractivity contribution in [1.29, 1.82) is 0 Å². The van der Waals surface area contributed by atoms with E-state index in [0.717, 1.165) is 6.42 Å². The lowest BCUT2D eigenvalue weighted by molar-refractivity contribution is 0.213. The van der Waals surface area contributed by atoms with Crippen molar-refractivity contribution in [1.82, 2.24) is 0 Å². The molecule has 0 aromatic heterocycles. The van der Waals surface area contributed by atoms with Crippen molar-refractivity contribution in [3.05, 3.63) is 29.6 Å². The Morgan fingerprint density at radius 2 is 2.07 bits per heavy atom. The highest BCUT2D eigenvalue weighted by atomic mass is 19.1. The molecule has 0 radical (unpaired) electrons. The molecule has 1 aromatic carbocycles. The molecule has 0 aliphatic rings. The summed E-state index contributed by atoms with van der Waals surface area (Å²) in [5.74, 6) is 0.255. The van der Waals surface area contributed by atoms with Crippen molar-refractivity contribution in [2.45, 2.75) is 39.3 Å². The summed E-state index contributed by atoms with van der Waals surface area (Å²) < 4.78 is 19.1. The predicted octanol–water partition coefficient (Wildman–Crippen LogP) is 3.02. The minimum atomic E-state index is -0.356. The summed E-state index contributed by atoms with van der Waals surface area (Å²) in [7, 11) is 0. The minimum absolute atomic E-state index is 0.0734. The van der Waals surface area contributed by atoms with Crippen molar-refractivity contribution < 1.29 is 9.13 Å². The van der Waals surface area contributed by atoms with Crippen molar-refractivity contribution in [2.75, 3.05) is 0 Å². The molecule has 0 saturated heterocycles. The average Bonchev–Trinajstić information content (AvgIpc) is 2.17. The zero-order chi connectivity index (χ0) is 11.4. The zero-order valence-corrected chi connectivity index (χ0v) is 9.46. The van der Waals surface area contributed by atoms with Crippen LogP contribution in [-0.4, -0.2) is 6.10 Å². The number of benzene rings is 1. The monoisotopic (exact) mass is 211 g/mol. The third kappa shape index (κ3) is 2.93. The first kappa shape index (κ1) is 12.0. The van der Waals surface area contributed by atoms with Crippen molar-refractivity contribution in [3.63, 3.8) is 0 Å². The van der Waals surface area contributed by atoms with Gasteiger partial charge < -0.3 is 10.5 Å². The van der Waals surface area contributed by atoms with Crippen molar-refractivity contribution in [3.8, 4) is 5.75 Å². The summed E-state index contributed by atoms with van der Waals surface area (Å²) >= 11 is 0. The summed E-state index contributed by atoms with van der Waals surface area (Å²) in [4.78, 5) is 0. The van der Waals surface area contributed by atoms with E-state index in [-0.39, 0.29) is 18.0 Å². The summed E-state index contributed by atoms with van der Waals surface area (Å²) in [6.45, 7) is 5.73. The molecule has 2 unspecified atom stereocenters. The molecule has 0 bridgehead atoms.